The molecule has 0 aliphatic heterocycles. The van der Waals surface area contributed by atoms with Gasteiger partial charge in [0.25, 0.3) is 0 Å². The Kier molecular flexibility index (Phi) is 6.62. The number of benzene rings is 1. The molecule has 0 aliphatic rings. The molecule has 0 unspecified atom stereocenters. The van der Waals surface area contributed by atoms with Crippen LogP contribution in [0.3, 0.4) is 0 Å². The molecule has 2 aromatic rings. The first-order valence-corrected chi connectivity index (χ1v) is 8.71. The highest BCUT2D eigenvalue weighted by molar-refractivity contribution is 6.30. The molecule has 0 atom stereocenters. The van der Waals surface area contributed by atoms with Gasteiger partial charge in [-0.15, -0.1) is 0 Å². The van der Waals surface area contributed by atoms with E-state index in [1.807, 2.05) is 19.1 Å². The maximum absolute atomic E-state index is 11.8. The summed E-state index contributed by atoms with van der Waals surface area (Å²) in [6.07, 6.45) is 8.04. The number of hydrogen-bond donors (Lipinski definition) is 1. The molecule has 24 heavy (non-hydrogen) atoms. The van der Waals surface area contributed by atoms with Gasteiger partial charge in [-0.3, -0.25) is 0 Å². The van der Waals surface area contributed by atoms with Gasteiger partial charge in [0.15, 0.2) is 0 Å². The number of rotatable bonds is 8. The fourth-order valence-corrected chi connectivity index (χ4v) is 2.90. The van der Waals surface area contributed by atoms with Crippen LogP contribution in [-0.2, 0) is 12.8 Å². The number of aromatic carboxylic acids is 1. The maximum atomic E-state index is 11.8. The van der Waals surface area contributed by atoms with Crippen molar-refractivity contribution < 1.29 is 9.90 Å². The number of carboxylic acids is 1. The van der Waals surface area contributed by atoms with Gasteiger partial charge in [0.05, 0.1) is 17.1 Å². The van der Waals surface area contributed by atoms with Crippen LogP contribution in [-0.4, -0.2) is 20.9 Å². The summed E-state index contributed by atoms with van der Waals surface area (Å²) < 4.78 is 1.73. The van der Waals surface area contributed by atoms with E-state index in [9.17, 15) is 9.90 Å². The highest BCUT2D eigenvalue weighted by Crippen LogP contribution is 2.23. The highest BCUT2D eigenvalue weighted by atomic mass is 35.5. The zero-order valence-corrected chi connectivity index (χ0v) is 14.9. The largest absolute Gasteiger partial charge is 0.478 e. The average Bonchev–Trinajstić information content (AvgIpc) is 2.90. The van der Waals surface area contributed by atoms with Crippen molar-refractivity contribution in [3.05, 3.63) is 58.4 Å². The Bertz CT molecular complexity index is 735. The van der Waals surface area contributed by atoms with Crippen molar-refractivity contribution >= 4 is 17.6 Å². The Labute approximate surface area is 147 Å². The topological polar surface area (TPSA) is 55.1 Å². The molecule has 1 aromatic heterocycles. The fourth-order valence-electron chi connectivity index (χ4n) is 2.72. The SMILES string of the molecule is CC/C=C\CCc1nn(-c2cccc(Cl)c2)c(CCC)c1C(=O)O. The molecule has 4 nitrogen and oxygen atoms in total. The van der Waals surface area contributed by atoms with Crippen molar-refractivity contribution in [2.24, 2.45) is 0 Å². The molecule has 0 saturated carbocycles. The Hall–Kier alpha value is -2.07. The second-order valence-corrected chi connectivity index (χ2v) is 6.07. The molecule has 5 heteroatoms. The predicted octanol–water partition coefficient (Wildman–Crippen LogP) is 5.08. The number of aromatic nitrogens is 2. The van der Waals surface area contributed by atoms with Gasteiger partial charge in [-0.2, -0.15) is 5.10 Å². The van der Waals surface area contributed by atoms with Crippen LogP contribution in [0.1, 0.15) is 54.9 Å². The van der Waals surface area contributed by atoms with E-state index in [4.69, 9.17) is 11.6 Å². The van der Waals surface area contributed by atoms with E-state index in [0.717, 1.165) is 30.6 Å². The standard InChI is InChI=1S/C19H23ClN2O2/c1-3-5-6-7-12-16-18(19(23)24)17(9-4-2)22(21-16)15-11-8-10-14(20)13-15/h5-6,8,10-11,13H,3-4,7,9,12H2,1-2H3,(H,23,24)/b6-5-. The van der Waals surface area contributed by atoms with Crippen LogP contribution >= 0.6 is 11.6 Å². The zero-order valence-electron chi connectivity index (χ0n) is 14.1. The molecule has 1 N–H and O–H groups in total. The number of hydrogen-bond acceptors (Lipinski definition) is 2. The van der Waals surface area contributed by atoms with Crippen LogP contribution in [0, 0.1) is 0 Å². The molecule has 0 radical (unpaired) electrons. The smallest absolute Gasteiger partial charge is 0.339 e. The number of carboxylic acid groups (broad SMARTS) is 1. The Morgan fingerprint density at radius 3 is 2.71 bits per heavy atom. The van der Waals surface area contributed by atoms with Crippen molar-refractivity contribution in [2.75, 3.05) is 0 Å². The van der Waals surface area contributed by atoms with Crippen molar-refractivity contribution in [3.63, 3.8) is 0 Å². The molecule has 128 valence electrons. The van der Waals surface area contributed by atoms with Gasteiger partial charge in [0.2, 0.25) is 0 Å². The molecule has 0 aliphatic carbocycles. The number of aryl methyl sites for hydroxylation is 1. The highest BCUT2D eigenvalue weighted by Gasteiger charge is 2.23. The van der Waals surface area contributed by atoms with E-state index in [-0.39, 0.29) is 0 Å². The molecule has 0 fully saturated rings. The van der Waals surface area contributed by atoms with E-state index in [1.165, 1.54) is 0 Å². The lowest BCUT2D eigenvalue weighted by molar-refractivity contribution is 0.0694. The van der Waals surface area contributed by atoms with Gasteiger partial charge in [-0.25, -0.2) is 9.48 Å². The Balaban J connectivity index is 2.49. The lowest BCUT2D eigenvalue weighted by atomic mass is 10.1. The molecule has 0 bridgehead atoms. The van der Waals surface area contributed by atoms with Crippen molar-refractivity contribution in [3.8, 4) is 5.69 Å². The van der Waals surface area contributed by atoms with E-state index >= 15 is 0 Å². The summed E-state index contributed by atoms with van der Waals surface area (Å²) in [7, 11) is 0. The Morgan fingerprint density at radius 2 is 2.08 bits per heavy atom. The molecule has 0 saturated heterocycles. The number of nitrogens with zero attached hydrogens (tertiary/aromatic N) is 2. The summed E-state index contributed by atoms with van der Waals surface area (Å²) in [5.74, 6) is -0.916. The monoisotopic (exact) mass is 346 g/mol. The third-order valence-corrected chi connectivity index (χ3v) is 3.99. The van der Waals surface area contributed by atoms with E-state index in [0.29, 0.717) is 29.1 Å². The summed E-state index contributed by atoms with van der Waals surface area (Å²) in [5, 5.41) is 14.9. The summed E-state index contributed by atoms with van der Waals surface area (Å²) in [6.45, 7) is 4.11. The van der Waals surface area contributed by atoms with Gasteiger partial charge < -0.3 is 5.11 Å². The van der Waals surface area contributed by atoms with Gasteiger partial charge in [-0.1, -0.05) is 50.1 Å². The summed E-state index contributed by atoms with van der Waals surface area (Å²) in [6, 6.07) is 7.34. The minimum absolute atomic E-state index is 0.335. The zero-order chi connectivity index (χ0) is 17.5. The van der Waals surface area contributed by atoms with E-state index in [1.54, 1.807) is 16.8 Å². The first-order valence-electron chi connectivity index (χ1n) is 8.33. The van der Waals surface area contributed by atoms with Crippen molar-refractivity contribution in [1.29, 1.82) is 0 Å². The molecule has 0 amide bonds. The summed E-state index contributed by atoms with van der Waals surface area (Å²) in [4.78, 5) is 11.8. The van der Waals surface area contributed by atoms with Crippen molar-refractivity contribution in [2.45, 2.75) is 46.0 Å². The van der Waals surface area contributed by atoms with E-state index in [2.05, 4.69) is 24.2 Å². The van der Waals surface area contributed by atoms with Crippen LogP contribution in [0.5, 0.6) is 0 Å². The second kappa shape index (κ2) is 8.69. The molecular weight excluding hydrogens is 324 g/mol. The quantitative estimate of drug-likeness (QED) is 0.678. The lowest BCUT2D eigenvalue weighted by Crippen LogP contribution is -2.07. The normalized spacial score (nSPS) is 11.3. The van der Waals surface area contributed by atoms with Crippen LogP contribution < -0.4 is 0 Å². The van der Waals surface area contributed by atoms with Gasteiger partial charge >= 0.3 is 5.97 Å². The van der Waals surface area contributed by atoms with Crippen LogP contribution in [0.4, 0.5) is 0 Å². The third-order valence-electron chi connectivity index (χ3n) is 3.76. The number of carbonyl (C=O) groups is 1. The molecular formula is C19H23ClN2O2. The van der Waals surface area contributed by atoms with Crippen molar-refractivity contribution in [1.82, 2.24) is 9.78 Å². The van der Waals surface area contributed by atoms with Crippen LogP contribution in [0.15, 0.2) is 36.4 Å². The second-order valence-electron chi connectivity index (χ2n) is 5.63. The fraction of sp³-hybridized carbons (Fsp3) is 0.368. The van der Waals surface area contributed by atoms with Crippen LogP contribution in [0.25, 0.3) is 5.69 Å². The molecule has 0 spiro atoms. The molecule has 2 rings (SSSR count). The minimum Gasteiger partial charge on any atom is -0.478 e. The Morgan fingerprint density at radius 1 is 1.29 bits per heavy atom. The number of allylic oxidation sites excluding steroid dienone is 2. The predicted molar refractivity (Wildman–Crippen MR) is 97.3 cm³/mol. The summed E-state index contributed by atoms with van der Waals surface area (Å²) in [5.41, 5.74) is 2.50. The number of halogens is 1. The molecule has 1 heterocycles. The summed E-state index contributed by atoms with van der Waals surface area (Å²) >= 11 is 6.09. The van der Waals surface area contributed by atoms with Crippen LogP contribution in [0.2, 0.25) is 5.02 Å². The van der Waals surface area contributed by atoms with E-state index < -0.39 is 5.97 Å². The average molecular weight is 347 g/mol. The lowest BCUT2D eigenvalue weighted by Gasteiger charge is -2.07. The first-order chi connectivity index (χ1) is 11.6. The first kappa shape index (κ1) is 18.3. The van der Waals surface area contributed by atoms with Gasteiger partial charge in [0, 0.05) is 5.02 Å². The van der Waals surface area contributed by atoms with Gasteiger partial charge in [0.1, 0.15) is 5.56 Å². The third kappa shape index (κ3) is 4.26. The van der Waals surface area contributed by atoms with Gasteiger partial charge in [-0.05, 0) is 43.9 Å². The molecule has 1 aromatic carbocycles. The maximum Gasteiger partial charge on any atom is 0.339 e. The minimum atomic E-state index is -0.916.